The number of primary amides is 1. The predicted octanol–water partition coefficient (Wildman–Crippen LogP) is -0.673. The third-order valence-corrected chi connectivity index (χ3v) is 1.21. The van der Waals surface area contributed by atoms with Crippen LogP contribution in [0.5, 0.6) is 0 Å². The number of carbonyl (C=O) groups excluding carboxylic acids is 1. The van der Waals surface area contributed by atoms with Gasteiger partial charge in [0.2, 0.25) is 5.76 Å². The number of rotatable bonds is 2. The molecule has 1 aliphatic heterocycles. The molecule has 0 saturated carbocycles. The van der Waals surface area contributed by atoms with Crippen LogP contribution in [0.25, 0.3) is 0 Å². The largest absolute Gasteiger partial charge is 0.475 e. The molecule has 0 aromatic rings. The lowest BCUT2D eigenvalue weighted by atomic mass is 10.4. The van der Waals surface area contributed by atoms with Gasteiger partial charge in [-0.15, -0.1) is 0 Å². The molecule has 6 heteroatoms. The molecule has 0 radical (unpaired) electrons. The van der Waals surface area contributed by atoms with Crippen molar-refractivity contribution in [2.45, 2.75) is 6.29 Å². The summed E-state index contributed by atoms with van der Waals surface area (Å²) in [5, 5.41) is 8.53. The third-order valence-electron chi connectivity index (χ3n) is 1.21. The first-order chi connectivity index (χ1) is 6.11. The van der Waals surface area contributed by atoms with Gasteiger partial charge in [0.15, 0.2) is 0 Å². The molecular weight excluding hydrogens is 178 g/mol. The maximum atomic E-state index is 10.6. The van der Waals surface area contributed by atoms with Gasteiger partial charge in [0.05, 0.1) is 6.26 Å². The van der Waals surface area contributed by atoms with E-state index >= 15 is 0 Å². The molecule has 0 aromatic carbocycles. The van der Waals surface area contributed by atoms with Crippen molar-refractivity contribution >= 4 is 11.9 Å². The number of carbonyl (C=O) groups is 2. The molecule has 1 unspecified atom stereocenters. The van der Waals surface area contributed by atoms with Gasteiger partial charge >= 0.3 is 12.3 Å². The van der Waals surface area contributed by atoms with E-state index in [1.54, 1.807) is 0 Å². The van der Waals surface area contributed by atoms with Gasteiger partial charge in [-0.25, -0.2) is 4.79 Å². The molecule has 0 aliphatic carbocycles. The summed E-state index contributed by atoms with van der Waals surface area (Å²) in [5.74, 6) is -2.57. The maximum Gasteiger partial charge on any atom is 0.371 e. The molecule has 1 amide bonds. The van der Waals surface area contributed by atoms with Crippen LogP contribution in [0, 0.1) is 0 Å². The molecule has 1 heterocycles. The molecule has 3 N–H and O–H groups in total. The summed E-state index contributed by atoms with van der Waals surface area (Å²) in [5.41, 5.74) is 4.86. The predicted molar refractivity (Wildman–Crippen MR) is 40.0 cm³/mol. The highest BCUT2D eigenvalue weighted by molar-refractivity contribution is 5.86. The first kappa shape index (κ1) is 9.11. The first-order valence-corrected chi connectivity index (χ1v) is 3.33. The molecular formula is C7H7NO5. The van der Waals surface area contributed by atoms with E-state index in [4.69, 9.17) is 10.8 Å². The van der Waals surface area contributed by atoms with E-state index in [0.29, 0.717) is 0 Å². The molecule has 0 bridgehead atoms. The Morgan fingerprint density at radius 3 is 2.77 bits per heavy atom. The molecule has 6 nitrogen and oxygen atoms in total. The second kappa shape index (κ2) is 3.61. The number of aliphatic carboxylic acids is 1. The zero-order valence-corrected chi connectivity index (χ0v) is 6.47. The number of nitrogens with two attached hydrogens (primary N) is 1. The van der Waals surface area contributed by atoms with Crippen LogP contribution in [-0.2, 0) is 19.1 Å². The van der Waals surface area contributed by atoms with E-state index in [2.05, 4.69) is 9.47 Å². The Morgan fingerprint density at radius 1 is 1.54 bits per heavy atom. The van der Waals surface area contributed by atoms with Crippen LogP contribution in [-0.4, -0.2) is 23.3 Å². The standard InChI is InChI=1S/C7H7NO5/c8-5(9)7-12-3-1-2-4(13-7)6(10)11/h1-3,7H,(H2,8,9)(H,10,11). The molecule has 1 rings (SSSR count). The fourth-order valence-corrected chi connectivity index (χ4v) is 0.673. The fourth-order valence-electron chi connectivity index (χ4n) is 0.673. The Kier molecular flexibility index (Phi) is 2.53. The van der Waals surface area contributed by atoms with Crippen LogP contribution >= 0.6 is 0 Å². The van der Waals surface area contributed by atoms with Crippen LogP contribution in [0.15, 0.2) is 24.2 Å². The van der Waals surface area contributed by atoms with Gasteiger partial charge in [0.25, 0.3) is 5.91 Å². The van der Waals surface area contributed by atoms with Crippen molar-refractivity contribution in [3.05, 3.63) is 24.2 Å². The highest BCUT2D eigenvalue weighted by atomic mass is 16.7. The van der Waals surface area contributed by atoms with Crippen LogP contribution < -0.4 is 5.73 Å². The summed E-state index contributed by atoms with van der Waals surface area (Å²) in [6.07, 6.45) is 2.20. The lowest BCUT2D eigenvalue weighted by molar-refractivity contribution is -0.155. The summed E-state index contributed by atoms with van der Waals surface area (Å²) >= 11 is 0. The fraction of sp³-hybridized carbons (Fsp3) is 0.143. The summed E-state index contributed by atoms with van der Waals surface area (Å²) < 4.78 is 9.29. The van der Waals surface area contributed by atoms with Gasteiger partial charge in [-0.3, -0.25) is 4.79 Å². The number of carboxylic acids is 1. The molecule has 1 aliphatic rings. The van der Waals surface area contributed by atoms with Crippen LogP contribution in [0.2, 0.25) is 0 Å². The van der Waals surface area contributed by atoms with E-state index in [9.17, 15) is 9.59 Å². The quantitative estimate of drug-likeness (QED) is 0.594. The van der Waals surface area contributed by atoms with E-state index < -0.39 is 23.9 Å². The minimum atomic E-state index is -1.39. The average Bonchev–Trinajstić information content (AvgIpc) is 2.28. The van der Waals surface area contributed by atoms with Gasteiger partial charge in [0, 0.05) is 0 Å². The maximum absolute atomic E-state index is 10.6. The Morgan fingerprint density at radius 2 is 2.23 bits per heavy atom. The minimum Gasteiger partial charge on any atom is -0.475 e. The average molecular weight is 185 g/mol. The molecule has 0 fully saturated rings. The normalized spacial score (nSPS) is 20.6. The van der Waals surface area contributed by atoms with Crippen LogP contribution in [0.4, 0.5) is 0 Å². The van der Waals surface area contributed by atoms with Gasteiger partial charge < -0.3 is 20.3 Å². The Bertz CT molecular complexity index is 293. The van der Waals surface area contributed by atoms with Crippen molar-refractivity contribution in [3.63, 3.8) is 0 Å². The van der Waals surface area contributed by atoms with Crippen molar-refractivity contribution in [2.24, 2.45) is 5.73 Å². The third kappa shape index (κ3) is 2.22. The van der Waals surface area contributed by atoms with Crippen molar-refractivity contribution in [1.82, 2.24) is 0 Å². The van der Waals surface area contributed by atoms with Crippen molar-refractivity contribution in [3.8, 4) is 0 Å². The van der Waals surface area contributed by atoms with E-state index in [0.717, 1.165) is 12.3 Å². The number of hydrogen-bond acceptors (Lipinski definition) is 4. The summed E-state index contributed by atoms with van der Waals surface area (Å²) in [6.45, 7) is 0. The Labute approximate surface area is 73.2 Å². The highest BCUT2D eigenvalue weighted by Gasteiger charge is 2.22. The Balaban J connectivity index is 2.79. The number of allylic oxidation sites excluding steroid dienone is 2. The first-order valence-electron chi connectivity index (χ1n) is 3.33. The van der Waals surface area contributed by atoms with E-state index in [-0.39, 0.29) is 0 Å². The molecule has 1 atom stereocenters. The van der Waals surface area contributed by atoms with Crippen LogP contribution in [0.1, 0.15) is 0 Å². The summed E-state index contributed by atoms with van der Waals surface area (Å²) in [7, 11) is 0. The van der Waals surface area contributed by atoms with Gasteiger partial charge in [0.1, 0.15) is 0 Å². The number of amides is 1. The second-order valence-corrected chi connectivity index (χ2v) is 2.15. The zero-order valence-electron chi connectivity index (χ0n) is 6.47. The van der Waals surface area contributed by atoms with Gasteiger partial charge in [-0.1, -0.05) is 0 Å². The van der Waals surface area contributed by atoms with Gasteiger partial charge in [-0.05, 0) is 12.2 Å². The summed E-state index contributed by atoms with van der Waals surface area (Å²) in [6, 6.07) is 0. The van der Waals surface area contributed by atoms with Crippen molar-refractivity contribution in [2.75, 3.05) is 0 Å². The highest BCUT2D eigenvalue weighted by Crippen LogP contribution is 2.09. The topological polar surface area (TPSA) is 98.9 Å². The van der Waals surface area contributed by atoms with E-state index in [1.165, 1.54) is 6.08 Å². The summed E-state index contributed by atoms with van der Waals surface area (Å²) in [4.78, 5) is 21.0. The van der Waals surface area contributed by atoms with E-state index in [1.807, 2.05) is 0 Å². The van der Waals surface area contributed by atoms with Crippen molar-refractivity contribution < 1.29 is 24.2 Å². The number of ether oxygens (including phenoxy) is 2. The van der Waals surface area contributed by atoms with Crippen LogP contribution in [0.3, 0.4) is 0 Å². The molecule has 0 spiro atoms. The number of hydrogen-bond donors (Lipinski definition) is 2. The lowest BCUT2D eigenvalue weighted by Crippen LogP contribution is -2.32. The lowest BCUT2D eigenvalue weighted by Gasteiger charge is -2.12. The van der Waals surface area contributed by atoms with Gasteiger partial charge in [-0.2, -0.15) is 0 Å². The monoisotopic (exact) mass is 185 g/mol. The molecule has 70 valence electrons. The zero-order chi connectivity index (χ0) is 9.84. The Hall–Kier alpha value is -1.98. The molecule has 0 saturated heterocycles. The molecule has 13 heavy (non-hydrogen) atoms. The van der Waals surface area contributed by atoms with Crippen molar-refractivity contribution in [1.29, 1.82) is 0 Å². The smallest absolute Gasteiger partial charge is 0.371 e. The minimum absolute atomic E-state index is 0.391. The number of carboxylic acid groups (broad SMARTS) is 1. The molecule has 0 aromatic heterocycles. The second-order valence-electron chi connectivity index (χ2n) is 2.15. The SMILES string of the molecule is NC(=O)C1OC=CC=C(C(=O)O)O1.